The van der Waals surface area contributed by atoms with Crippen molar-refractivity contribution in [2.45, 2.75) is 4.90 Å². The molecule has 0 aliphatic rings. The predicted molar refractivity (Wildman–Crippen MR) is 76.7 cm³/mol. The van der Waals surface area contributed by atoms with Crippen molar-refractivity contribution in [2.24, 2.45) is 0 Å². The first-order chi connectivity index (χ1) is 9.34. The maximum absolute atomic E-state index is 12.4. The summed E-state index contributed by atoms with van der Waals surface area (Å²) in [7, 11) is -3.87. The molecular weight excluding hydrogens is 282 g/mol. The Bertz CT molecular complexity index is 630. The van der Waals surface area contributed by atoms with Crippen LogP contribution >= 0.6 is 0 Å². The Morgan fingerprint density at radius 2 is 1.85 bits per heavy atom. The Hall–Kier alpha value is -2.19. The largest absolute Gasteiger partial charge is 0.393 e. The van der Waals surface area contributed by atoms with Crippen LogP contribution < -0.4 is 5.73 Å². The molecule has 20 heavy (non-hydrogen) atoms. The van der Waals surface area contributed by atoms with E-state index in [1.165, 1.54) is 24.3 Å². The van der Waals surface area contributed by atoms with Crippen LogP contribution in [0.4, 0.5) is 11.4 Å². The lowest BCUT2D eigenvalue weighted by atomic mass is 10.3. The van der Waals surface area contributed by atoms with Crippen molar-refractivity contribution in [3.63, 3.8) is 0 Å². The van der Waals surface area contributed by atoms with Gasteiger partial charge in [0, 0.05) is 19.2 Å². The molecule has 0 aromatic heterocycles. The summed E-state index contributed by atoms with van der Waals surface area (Å²) in [5.74, 6) is 0. The van der Waals surface area contributed by atoms with Gasteiger partial charge in [-0.3, -0.25) is 10.1 Å². The second-order valence-corrected chi connectivity index (χ2v) is 5.82. The Kier molecular flexibility index (Phi) is 5.00. The second-order valence-electron chi connectivity index (χ2n) is 3.88. The molecular formula is C12H15N3O4S. The molecule has 0 radical (unpaired) electrons. The Labute approximate surface area is 117 Å². The predicted octanol–water partition coefficient (Wildman–Crippen LogP) is 1.54. The maximum atomic E-state index is 12.4. The first-order valence-corrected chi connectivity index (χ1v) is 7.04. The number of nitrogen functional groups attached to an aromatic ring is 1. The summed E-state index contributed by atoms with van der Waals surface area (Å²) < 4.78 is 25.8. The molecule has 108 valence electrons. The number of anilines is 1. The first-order valence-electron chi connectivity index (χ1n) is 5.60. The fourth-order valence-electron chi connectivity index (χ4n) is 1.55. The van der Waals surface area contributed by atoms with Crippen LogP contribution in [0.25, 0.3) is 0 Å². The molecule has 1 aromatic rings. The van der Waals surface area contributed by atoms with Crippen molar-refractivity contribution in [3.05, 3.63) is 53.6 Å². The van der Waals surface area contributed by atoms with Crippen LogP contribution in [-0.4, -0.2) is 30.7 Å². The van der Waals surface area contributed by atoms with E-state index in [-0.39, 0.29) is 23.7 Å². The number of sulfonamides is 1. The minimum Gasteiger partial charge on any atom is -0.393 e. The van der Waals surface area contributed by atoms with E-state index in [4.69, 9.17) is 5.73 Å². The van der Waals surface area contributed by atoms with Crippen LogP contribution in [0.15, 0.2) is 48.4 Å². The third-order valence-electron chi connectivity index (χ3n) is 2.50. The molecule has 0 spiro atoms. The lowest BCUT2D eigenvalue weighted by molar-refractivity contribution is -0.384. The average molecular weight is 297 g/mol. The van der Waals surface area contributed by atoms with Crippen molar-refractivity contribution >= 4 is 21.4 Å². The maximum Gasteiger partial charge on any atom is 0.293 e. The second kappa shape index (κ2) is 6.31. The molecule has 0 saturated heterocycles. The molecule has 2 N–H and O–H groups in total. The highest BCUT2D eigenvalue weighted by Crippen LogP contribution is 2.26. The van der Waals surface area contributed by atoms with E-state index in [0.29, 0.717) is 0 Å². The SMILES string of the molecule is C=CCN(CC=C)S(=O)(=O)c1ccc(N)c([N+](=O)[O-])c1. The fourth-order valence-corrected chi connectivity index (χ4v) is 2.95. The Morgan fingerprint density at radius 3 is 2.30 bits per heavy atom. The van der Waals surface area contributed by atoms with Crippen LogP contribution in [0.2, 0.25) is 0 Å². The normalized spacial score (nSPS) is 11.2. The lowest BCUT2D eigenvalue weighted by Gasteiger charge is -2.18. The van der Waals surface area contributed by atoms with Gasteiger partial charge in [0.25, 0.3) is 5.69 Å². The standard InChI is InChI=1S/C12H15N3O4S/c1-3-7-14(8-4-2)20(18,19)10-5-6-11(13)12(9-10)15(16)17/h3-6,9H,1-2,7-8,13H2. The summed E-state index contributed by atoms with van der Waals surface area (Å²) in [4.78, 5) is 9.89. The monoisotopic (exact) mass is 297 g/mol. The minimum absolute atomic E-state index is 0.0759. The fraction of sp³-hybridized carbons (Fsp3) is 0.167. The third-order valence-corrected chi connectivity index (χ3v) is 4.33. The van der Waals surface area contributed by atoms with E-state index in [9.17, 15) is 18.5 Å². The molecule has 1 rings (SSSR count). The molecule has 0 heterocycles. The van der Waals surface area contributed by atoms with Crippen LogP contribution in [0, 0.1) is 10.1 Å². The molecule has 0 aliphatic heterocycles. The van der Waals surface area contributed by atoms with Crippen LogP contribution in [-0.2, 0) is 10.0 Å². The number of nitrogens with zero attached hydrogens (tertiary/aromatic N) is 2. The molecule has 0 unspecified atom stereocenters. The highest BCUT2D eigenvalue weighted by Gasteiger charge is 2.25. The average Bonchev–Trinajstić information content (AvgIpc) is 2.38. The van der Waals surface area contributed by atoms with Gasteiger partial charge in [-0.15, -0.1) is 13.2 Å². The van der Waals surface area contributed by atoms with Gasteiger partial charge in [0.2, 0.25) is 10.0 Å². The highest BCUT2D eigenvalue weighted by atomic mass is 32.2. The number of hydrogen-bond acceptors (Lipinski definition) is 5. The van der Waals surface area contributed by atoms with Gasteiger partial charge >= 0.3 is 0 Å². The zero-order valence-corrected chi connectivity index (χ0v) is 11.5. The van der Waals surface area contributed by atoms with Crippen molar-refractivity contribution in [2.75, 3.05) is 18.8 Å². The van der Waals surface area contributed by atoms with E-state index >= 15 is 0 Å². The molecule has 0 aliphatic carbocycles. The number of nitro benzene ring substituents is 1. The van der Waals surface area contributed by atoms with Gasteiger partial charge in [-0.05, 0) is 12.1 Å². The molecule has 0 bridgehead atoms. The van der Waals surface area contributed by atoms with Gasteiger partial charge < -0.3 is 5.73 Å². The summed E-state index contributed by atoms with van der Waals surface area (Å²) in [6.07, 6.45) is 2.85. The van der Waals surface area contributed by atoms with Crippen molar-refractivity contribution in [1.29, 1.82) is 0 Å². The number of nitro groups is 1. The molecule has 0 saturated carbocycles. The smallest absolute Gasteiger partial charge is 0.293 e. The van der Waals surface area contributed by atoms with Gasteiger partial charge in [0.1, 0.15) is 5.69 Å². The minimum atomic E-state index is -3.87. The summed E-state index contributed by atoms with van der Waals surface area (Å²) in [5, 5.41) is 10.8. The molecule has 1 aromatic carbocycles. The van der Waals surface area contributed by atoms with Crippen LogP contribution in [0.3, 0.4) is 0 Å². The molecule has 0 fully saturated rings. The summed E-state index contributed by atoms with van der Waals surface area (Å²) >= 11 is 0. The first kappa shape index (κ1) is 15.9. The molecule has 7 nitrogen and oxygen atoms in total. The van der Waals surface area contributed by atoms with Gasteiger partial charge in [0.05, 0.1) is 9.82 Å². The third kappa shape index (κ3) is 3.22. The van der Waals surface area contributed by atoms with Gasteiger partial charge in [-0.2, -0.15) is 4.31 Å². The van der Waals surface area contributed by atoms with Gasteiger partial charge in [0.15, 0.2) is 0 Å². The highest BCUT2D eigenvalue weighted by molar-refractivity contribution is 7.89. The number of rotatable bonds is 7. The quantitative estimate of drug-likeness (QED) is 0.355. The van der Waals surface area contributed by atoms with E-state index in [2.05, 4.69) is 13.2 Å². The van der Waals surface area contributed by atoms with E-state index in [1.807, 2.05) is 0 Å². The van der Waals surface area contributed by atoms with Crippen LogP contribution in [0.5, 0.6) is 0 Å². The van der Waals surface area contributed by atoms with E-state index in [1.54, 1.807) is 0 Å². The number of hydrogen-bond donors (Lipinski definition) is 1. The zero-order valence-electron chi connectivity index (χ0n) is 10.7. The lowest BCUT2D eigenvalue weighted by Crippen LogP contribution is -2.31. The number of benzene rings is 1. The van der Waals surface area contributed by atoms with Crippen molar-refractivity contribution < 1.29 is 13.3 Å². The van der Waals surface area contributed by atoms with E-state index in [0.717, 1.165) is 10.4 Å². The molecule has 0 atom stereocenters. The number of nitrogens with two attached hydrogens (primary N) is 1. The topological polar surface area (TPSA) is 107 Å². The molecule has 0 amide bonds. The van der Waals surface area contributed by atoms with Crippen molar-refractivity contribution in [3.8, 4) is 0 Å². The zero-order chi connectivity index (χ0) is 15.3. The van der Waals surface area contributed by atoms with Gasteiger partial charge in [-0.1, -0.05) is 12.2 Å². The Morgan fingerprint density at radius 1 is 1.30 bits per heavy atom. The summed E-state index contributed by atoms with van der Waals surface area (Å²) in [6.45, 7) is 7.11. The van der Waals surface area contributed by atoms with E-state index < -0.39 is 20.6 Å². The van der Waals surface area contributed by atoms with Crippen molar-refractivity contribution in [1.82, 2.24) is 4.31 Å². The summed E-state index contributed by atoms with van der Waals surface area (Å²) in [5.41, 5.74) is 4.91. The van der Waals surface area contributed by atoms with Crippen LogP contribution in [0.1, 0.15) is 0 Å². The Balaban J connectivity index is 3.33. The summed E-state index contributed by atoms with van der Waals surface area (Å²) in [6, 6.07) is 3.38. The molecule has 8 heteroatoms. The van der Waals surface area contributed by atoms with Gasteiger partial charge in [-0.25, -0.2) is 8.42 Å².